The first-order valence-corrected chi connectivity index (χ1v) is 8.33. The van der Waals surface area contributed by atoms with Crippen molar-refractivity contribution in [2.75, 3.05) is 19.0 Å². The molecule has 1 N–H and O–H groups in total. The molecule has 0 aromatic heterocycles. The number of hydrogen-bond donors (Lipinski definition) is 1. The van der Waals surface area contributed by atoms with Crippen LogP contribution < -0.4 is 5.32 Å². The van der Waals surface area contributed by atoms with Gasteiger partial charge < -0.3 is 10.1 Å². The summed E-state index contributed by atoms with van der Waals surface area (Å²) >= 11 is 1.92. The fourth-order valence-corrected chi connectivity index (χ4v) is 4.64. The zero-order chi connectivity index (χ0) is 12.4. The molecule has 1 saturated carbocycles. The Bertz CT molecular complexity index is 320. The quantitative estimate of drug-likeness (QED) is 0.836. The van der Waals surface area contributed by atoms with Crippen molar-refractivity contribution < 1.29 is 4.74 Å². The van der Waals surface area contributed by atoms with Gasteiger partial charge in [-0.1, -0.05) is 24.6 Å². The van der Waals surface area contributed by atoms with Crippen molar-refractivity contribution in [2.24, 2.45) is 10.9 Å². The molecule has 0 amide bonds. The highest BCUT2D eigenvalue weighted by Crippen LogP contribution is 2.34. The topological polar surface area (TPSA) is 33.6 Å². The first-order valence-electron chi connectivity index (χ1n) is 7.34. The van der Waals surface area contributed by atoms with Gasteiger partial charge in [0.05, 0.1) is 11.6 Å². The summed E-state index contributed by atoms with van der Waals surface area (Å²) in [5, 5.41) is 4.88. The van der Waals surface area contributed by atoms with Gasteiger partial charge in [0.1, 0.15) is 0 Å². The van der Waals surface area contributed by atoms with Crippen LogP contribution in [0.15, 0.2) is 4.99 Å². The highest BCUT2D eigenvalue weighted by Gasteiger charge is 2.39. The molecule has 3 rings (SSSR count). The number of nitrogens with one attached hydrogen (secondary N) is 1. The highest BCUT2D eigenvalue weighted by atomic mass is 32.2. The Morgan fingerprint density at radius 3 is 2.78 bits per heavy atom. The average Bonchev–Trinajstić information content (AvgIpc) is 3.01. The van der Waals surface area contributed by atoms with Crippen LogP contribution in [0.5, 0.6) is 0 Å². The van der Waals surface area contributed by atoms with Crippen LogP contribution in [0.2, 0.25) is 0 Å². The second kappa shape index (κ2) is 5.41. The Hall–Kier alpha value is -0.220. The molecule has 0 radical (unpaired) electrons. The molecule has 1 unspecified atom stereocenters. The van der Waals surface area contributed by atoms with Crippen molar-refractivity contribution in [2.45, 2.75) is 57.0 Å². The molecule has 2 saturated heterocycles. The summed E-state index contributed by atoms with van der Waals surface area (Å²) in [7, 11) is 0. The number of aliphatic imine (C=N–C) groups is 1. The van der Waals surface area contributed by atoms with Gasteiger partial charge in [-0.3, -0.25) is 4.99 Å². The van der Waals surface area contributed by atoms with Crippen molar-refractivity contribution in [3.63, 3.8) is 0 Å². The first-order chi connectivity index (χ1) is 8.77. The van der Waals surface area contributed by atoms with Gasteiger partial charge in [0, 0.05) is 19.0 Å². The van der Waals surface area contributed by atoms with E-state index in [1.165, 1.54) is 36.6 Å². The number of ether oxygens (including phenoxy) is 1. The molecule has 2 aliphatic heterocycles. The largest absolute Gasteiger partial charge is 0.381 e. The second-order valence-electron chi connectivity index (χ2n) is 6.03. The van der Waals surface area contributed by atoms with Crippen LogP contribution in [0.25, 0.3) is 0 Å². The fourth-order valence-electron chi connectivity index (χ4n) is 3.34. The third-order valence-electron chi connectivity index (χ3n) is 4.71. The van der Waals surface area contributed by atoms with Gasteiger partial charge in [0.25, 0.3) is 0 Å². The molecule has 0 aromatic carbocycles. The molecule has 3 fully saturated rings. The van der Waals surface area contributed by atoms with Crippen LogP contribution in [0.3, 0.4) is 0 Å². The monoisotopic (exact) mass is 268 g/mol. The molecule has 1 aliphatic carbocycles. The molecule has 3 aliphatic rings. The fraction of sp³-hybridized carbons (Fsp3) is 0.929. The van der Waals surface area contributed by atoms with E-state index in [1.54, 1.807) is 0 Å². The molecule has 18 heavy (non-hydrogen) atoms. The molecule has 4 heteroatoms. The molecule has 0 bridgehead atoms. The second-order valence-corrected chi connectivity index (χ2v) is 6.99. The standard InChI is InChI=1S/C14H24N2OS/c1-11(12-4-2-3-5-12)15-13-16-14(10-18-13)6-8-17-9-7-14/h11-12H,2-10H2,1H3,(H,15,16). The highest BCUT2D eigenvalue weighted by molar-refractivity contribution is 8.14. The third-order valence-corrected chi connectivity index (χ3v) is 5.89. The van der Waals surface area contributed by atoms with Crippen molar-refractivity contribution >= 4 is 16.9 Å². The van der Waals surface area contributed by atoms with Crippen LogP contribution in [0, 0.1) is 5.92 Å². The molecular formula is C14H24N2OS. The predicted octanol–water partition coefficient (Wildman–Crippen LogP) is 2.81. The Morgan fingerprint density at radius 2 is 2.06 bits per heavy atom. The maximum atomic E-state index is 5.46. The van der Waals surface area contributed by atoms with Crippen molar-refractivity contribution in [3.05, 3.63) is 0 Å². The number of amidine groups is 1. The van der Waals surface area contributed by atoms with E-state index < -0.39 is 0 Å². The molecular weight excluding hydrogens is 244 g/mol. The van der Waals surface area contributed by atoms with Crippen LogP contribution in [0.4, 0.5) is 0 Å². The molecule has 2 heterocycles. The van der Waals surface area contributed by atoms with Crippen molar-refractivity contribution in [3.8, 4) is 0 Å². The van der Waals surface area contributed by atoms with E-state index in [1.807, 2.05) is 11.8 Å². The summed E-state index contributed by atoms with van der Waals surface area (Å²) in [5.74, 6) is 2.00. The van der Waals surface area contributed by atoms with Gasteiger partial charge in [-0.2, -0.15) is 0 Å². The van der Waals surface area contributed by atoms with E-state index in [9.17, 15) is 0 Å². The van der Waals surface area contributed by atoms with E-state index >= 15 is 0 Å². The van der Waals surface area contributed by atoms with Gasteiger partial charge in [-0.05, 0) is 38.5 Å². The van der Waals surface area contributed by atoms with Gasteiger partial charge >= 0.3 is 0 Å². The van der Waals surface area contributed by atoms with Gasteiger partial charge in [-0.15, -0.1) is 0 Å². The lowest BCUT2D eigenvalue weighted by molar-refractivity contribution is 0.0555. The van der Waals surface area contributed by atoms with Crippen LogP contribution in [-0.2, 0) is 4.74 Å². The lowest BCUT2D eigenvalue weighted by Crippen LogP contribution is -2.48. The zero-order valence-electron chi connectivity index (χ0n) is 11.3. The number of nitrogens with zero attached hydrogens (tertiary/aromatic N) is 1. The maximum Gasteiger partial charge on any atom is 0.157 e. The molecule has 3 nitrogen and oxygen atoms in total. The Morgan fingerprint density at radius 1 is 1.33 bits per heavy atom. The van der Waals surface area contributed by atoms with Crippen molar-refractivity contribution in [1.82, 2.24) is 5.32 Å². The van der Waals surface area contributed by atoms with E-state index in [2.05, 4.69) is 12.2 Å². The molecule has 102 valence electrons. The smallest absolute Gasteiger partial charge is 0.157 e. The van der Waals surface area contributed by atoms with E-state index in [-0.39, 0.29) is 5.54 Å². The SMILES string of the molecule is CC(N=C1NC2(CCOCC2)CS1)C1CCCC1. The Balaban J connectivity index is 1.60. The molecule has 1 spiro atoms. The van der Waals surface area contributed by atoms with E-state index in [4.69, 9.17) is 9.73 Å². The van der Waals surface area contributed by atoms with Gasteiger partial charge in [0.2, 0.25) is 0 Å². The summed E-state index contributed by atoms with van der Waals surface area (Å²) in [5.41, 5.74) is 0.289. The minimum Gasteiger partial charge on any atom is -0.381 e. The zero-order valence-corrected chi connectivity index (χ0v) is 12.1. The minimum atomic E-state index is 0.289. The minimum absolute atomic E-state index is 0.289. The number of thioether (sulfide) groups is 1. The van der Waals surface area contributed by atoms with Crippen LogP contribution in [0.1, 0.15) is 45.4 Å². The summed E-state index contributed by atoms with van der Waals surface area (Å²) in [6.07, 6.45) is 7.83. The molecule has 1 atom stereocenters. The summed E-state index contributed by atoms with van der Waals surface area (Å²) in [6.45, 7) is 4.10. The lowest BCUT2D eigenvalue weighted by Gasteiger charge is -2.32. The maximum absolute atomic E-state index is 5.46. The van der Waals surface area contributed by atoms with Crippen molar-refractivity contribution in [1.29, 1.82) is 0 Å². The Kier molecular flexibility index (Phi) is 3.85. The molecule has 0 aromatic rings. The summed E-state index contributed by atoms with van der Waals surface area (Å²) in [4.78, 5) is 4.94. The first kappa shape index (κ1) is 12.8. The number of hydrogen-bond acceptors (Lipinski definition) is 3. The van der Waals surface area contributed by atoms with Gasteiger partial charge in [0.15, 0.2) is 5.17 Å². The normalized spacial score (nSPS) is 31.9. The van der Waals surface area contributed by atoms with Gasteiger partial charge in [-0.25, -0.2) is 0 Å². The Labute approximate surface area is 114 Å². The van der Waals surface area contributed by atoms with Crippen LogP contribution >= 0.6 is 11.8 Å². The number of rotatable bonds is 2. The van der Waals surface area contributed by atoms with E-state index in [0.717, 1.165) is 32.0 Å². The van der Waals surface area contributed by atoms with E-state index in [0.29, 0.717) is 6.04 Å². The predicted molar refractivity (Wildman–Crippen MR) is 77.2 cm³/mol. The third kappa shape index (κ3) is 2.69. The average molecular weight is 268 g/mol. The lowest BCUT2D eigenvalue weighted by atomic mass is 9.93. The van der Waals surface area contributed by atoms with Crippen LogP contribution in [-0.4, -0.2) is 35.7 Å². The summed E-state index contributed by atoms with van der Waals surface area (Å²) in [6, 6.07) is 0.498. The summed E-state index contributed by atoms with van der Waals surface area (Å²) < 4.78 is 5.46.